The van der Waals surface area contributed by atoms with Gasteiger partial charge < -0.3 is 4.74 Å². The van der Waals surface area contributed by atoms with Crippen molar-refractivity contribution in [2.75, 3.05) is 18.5 Å². The zero-order valence-electron chi connectivity index (χ0n) is 9.28. The van der Waals surface area contributed by atoms with Gasteiger partial charge in [0.25, 0.3) is 0 Å². The Bertz CT molecular complexity index is 200. The van der Waals surface area contributed by atoms with Gasteiger partial charge in [-0.1, -0.05) is 28.8 Å². The summed E-state index contributed by atoms with van der Waals surface area (Å²) >= 11 is 3.51. The number of hydrogen-bond acceptors (Lipinski definition) is 1. The standard InChI is InChI=1S/C11H18BrF3O/c12-8-10(4-1-2-5-10)6-3-7-16-9-11(13,14)15/h1-9H2. The van der Waals surface area contributed by atoms with Crippen LogP contribution in [0.1, 0.15) is 38.5 Å². The lowest BCUT2D eigenvalue weighted by atomic mass is 9.84. The van der Waals surface area contributed by atoms with Gasteiger partial charge in [0, 0.05) is 11.9 Å². The van der Waals surface area contributed by atoms with Crippen molar-refractivity contribution in [2.24, 2.45) is 5.41 Å². The Morgan fingerprint density at radius 2 is 1.81 bits per heavy atom. The van der Waals surface area contributed by atoms with Gasteiger partial charge in [0.15, 0.2) is 0 Å². The van der Waals surface area contributed by atoms with E-state index in [2.05, 4.69) is 20.7 Å². The maximum Gasteiger partial charge on any atom is 0.411 e. The Labute approximate surface area is 103 Å². The maximum absolute atomic E-state index is 11.8. The molecule has 0 radical (unpaired) electrons. The zero-order chi connectivity index (χ0) is 12.1. The van der Waals surface area contributed by atoms with Gasteiger partial charge in [-0.3, -0.25) is 0 Å². The highest BCUT2D eigenvalue weighted by Gasteiger charge is 2.32. The number of alkyl halides is 4. The fraction of sp³-hybridized carbons (Fsp3) is 1.00. The lowest BCUT2D eigenvalue weighted by Crippen LogP contribution is -2.20. The third-order valence-corrected chi connectivity index (χ3v) is 4.40. The molecule has 0 aromatic rings. The minimum Gasteiger partial charge on any atom is -0.372 e. The van der Waals surface area contributed by atoms with Gasteiger partial charge in [0.2, 0.25) is 0 Å². The highest BCUT2D eigenvalue weighted by Crippen LogP contribution is 2.43. The van der Waals surface area contributed by atoms with E-state index in [0.717, 1.165) is 18.2 Å². The SMILES string of the molecule is FC(F)(F)COCCCC1(CBr)CCCC1. The molecule has 0 amide bonds. The Morgan fingerprint density at radius 1 is 1.19 bits per heavy atom. The molecule has 0 unspecified atom stereocenters. The Kier molecular flexibility index (Phi) is 5.57. The second-order valence-corrected chi connectivity index (χ2v) is 5.17. The molecule has 16 heavy (non-hydrogen) atoms. The van der Waals surface area contributed by atoms with Crippen LogP contribution in [0.15, 0.2) is 0 Å². The van der Waals surface area contributed by atoms with Crippen LogP contribution >= 0.6 is 15.9 Å². The lowest BCUT2D eigenvalue weighted by Gasteiger charge is -2.26. The first kappa shape index (κ1) is 14.3. The molecule has 1 saturated carbocycles. The molecule has 0 saturated heterocycles. The lowest BCUT2D eigenvalue weighted by molar-refractivity contribution is -0.174. The summed E-state index contributed by atoms with van der Waals surface area (Å²) in [4.78, 5) is 0. The summed E-state index contributed by atoms with van der Waals surface area (Å²) in [5, 5.41) is 0.958. The van der Waals surface area contributed by atoms with Crippen molar-refractivity contribution < 1.29 is 17.9 Å². The molecule has 0 aromatic carbocycles. The van der Waals surface area contributed by atoms with Gasteiger partial charge in [-0.25, -0.2) is 0 Å². The second kappa shape index (κ2) is 6.24. The van der Waals surface area contributed by atoms with Crippen molar-refractivity contribution in [3.63, 3.8) is 0 Å². The minimum absolute atomic E-state index is 0.217. The monoisotopic (exact) mass is 302 g/mol. The van der Waals surface area contributed by atoms with E-state index in [1.807, 2.05) is 0 Å². The molecule has 0 heterocycles. The van der Waals surface area contributed by atoms with Crippen LogP contribution in [-0.2, 0) is 4.74 Å². The van der Waals surface area contributed by atoms with Crippen LogP contribution in [0.4, 0.5) is 13.2 Å². The van der Waals surface area contributed by atoms with E-state index in [1.165, 1.54) is 25.7 Å². The maximum atomic E-state index is 11.8. The molecule has 96 valence electrons. The van der Waals surface area contributed by atoms with Crippen molar-refractivity contribution in [3.05, 3.63) is 0 Å². The average molecular weight is 303 g/mol. The van der Waals surface area contributed by atoms with Crippen LogP contribution in [0.3, 0.4) is 0 Å². The molecule has 1 fully saturated rings. The molecule has 1 rings (SSSR count). The smallest absolute Gasteiger partial charge is 0.372 e. The van der Waals surface area contributed by atoms with E-state index in [0.29, 0.717) is 5.41 Å². The molecule has 0 aromatic heterocycles. The Morgan fingerprint density at radius 3 is 2.31 bits per heavy atom. The van der Waals surface area contributed by atoms with E-state index >= 15 is 0 Å². The van der Waals surface area contributed by atoms with Gasteiger partial charge in [-0.15, -0.1) is 0 Å². The fourth-order valence-electron chi connectivity index (χ4n) is 2.31. The third-order valence-electron chi connectivity index (χ3n) is 3.21. The van der Waals surface area contributed by atoms with E-state index in [-0.39, 0.29) is 6.61 Å². The van der Waals surface area contributed by atoms with Crippen LogP contribution in [0.5, 0.6) is 0 Å². The first-order chi connectivity index (χ1) is 7.47. The molecule has 0 atom stereocenters. The van der Waals surface area contributed by atoms with Crippen LogP contribution in [0.2, 0.25) is 0 Å². The van der Waals surface area contributed by atoms with E-state index < -0.39 is 12.8 Å². The summed E-state index contributed by atoms with van der Waals surface area (Å²) < 4.78 is 40.0. The first-order valence-electron chi connectivity index (χ1n) is 5.68. The molecule has 1 aliphatic rings. The summed E-state index contributed by atoms with van der Waals surface area (Å²) in [6.45, 7) is -0.900. The second-order valence-electron chi connectivity index (χ2n) is 4.61. The van der Waals surface area contributed by atoms with Crippen LogP contribution in [0, 0.1) is 5.41 Å². The van der Waals surface area contributed by atoms with Crippen LogP contribution in [-0.4, -0.2) is 24.7 Å². The first-order valence-corrected chi connectivity index (χ1v) is 6.80. The zero-order valence-corrected chi connectivity index (χ0v) is 10.9. The topological polar surface area (TPSA) is 9.23 Å². The quantitative estimate of drug-likeness (QED) is 0.525. The number of rotatable bonds is 6. The number of ether oxygens (including phenoxy) is 1. The summed E-state index contributed by atoms with van der Waals surface area (Å²) in [6.07, 6.45) is 2.37. The van der Waals surface area contributed by atoms with Crippen molar-refractivity contribution in [1.29, 1.82) is 0 Å². The van der Waals surface area contributed by atoms with Crippen molar-refractivity contribution in [2.45, 2.75) is 44.7 Å². The summed E-state index contributed by atoms with van der Waals surface area (Å²) in [5.74, 6) is 0. The molecule has 0 spiro atoms. The normalized spacial score (nSPS) is 20.2. The molecule has 0 N–H and O–H groups in total. The molecule has 0 aliphatic heterocycles. The predicted octanol–water partition coefficient (Wildman–Crippen LogP) is 4.30. The van der Waals surface area contributed by atoms with Gasteiger partial charge in [-0.05, 0) is 31.1 Å². The van der Waals surface area contributed by atoms with Gasteiger partial charge in [0.1, 0.15) is 6.61 Å². The highest BCUT2D eigenvalue weighted by atomic mass is 79.9. The molecule has 1 nitrogen and oxygen atoms in total. The third kappa shape index (κ3) is 5.04. The minimum atomic E-state index is -4.19. The van der Waals surface area contributed by atoms with Crippen molar-refractivity contribution in [3.8, 4) is 0 Å². The van der Waals surface area contributed by atoms with Gasteiger partial charge >= 0.3 is 6.18 Å². The predicted molar refractivity (Wildman–Crippen MR) is 60.8 cm³/mol. The van der Waals surface area contributed by atoms with E-state index in [4.69, 9.17) is 0 Å². The van der Waals surface area contributed by atoms with Crippen LogP contribution in [0.25, 0.3) is 0 Å². The number of hydrogen-bond donors (Lipinski definition) is 0. The average Bonchev–Trinajstić information content (AvgIpc) is 2.65. The highest BCUT2D eigenvalue weighted by molar-refractivity contribution is 9.09. The molecule has 0 bridgehead atoms. The van der Waals surface area contributed by atoms with Gasteiger partial charge in [-0.2, -0.15) is 13.2 Å². The Balaban J connectivity index is 2.10. The summed E-state index contributed by atoms with van der Waals surface area (Å²) in [6, 6.07) is 0. The van der Waals surface area contributed by atoms with Crippen molar-refractivity contribution in [1.82, 2.24) is 0 Å². The largest absolute Gasteiger partial charge is 0.411 e. The van der Waals surface area contributed by atoms with Crippen molar-refractivity contribution >= 4 is 15.9 Å². The van der Waals surface area contributed by atoms with E-state index in [1.54, 1.807) is 0 Å². The van der Waals surface area contributed by atoms with Crippen LogP contribution < -0.4 is 0 Å². The summed E-state index contributed by atoms with van der Waals surface area (Å²) in [5.41, 5.74) is 0.321. The fourth-order valence-corrected chi connectivity index (χ4v) is 3.15. The molecule has 5 heteroatoms. The molecule has 1 aliphatic carbocycles. The summed E-state index contributed by atoms with van der Waals surface area (Å²) in [7, 11) is 0. The van der Waals surface area contributed by atoms with Gasteiger partial charge in [0.05, 0.1) is 0 Å². The molecular formula is C11H18BrF3O. The molecular weight excluding hydrogens is 285 g/mol. The van der Waals surface area contributed by atoms with E-state index in [9.17, 15) is 13.2 Å². The number of halogens is 4. The Hall–Kier alpha value is 0.230.